The van der Waals surface area contributed by atoms with Crippen molar-refractivity contribution in [2.24, 2.45) is 0 Å². The van der Waals surface area contributed by atoms with Crippen molar-refractivity contribution < 1.29 is 4.79 Å². The molecule has 5 aliphatic rings. The zero-order valence-electron chi connectivity index (χ0n) is 28.3. The number of aromatic nitrogens is 8. The first-order chi connectivity index (χ1) is 26.0. The summed E-state index contributed by atoms with van der Waals surface area (Å²) < 4.78 is 0. The molecule has 8 aromatic rings. The van der Waals surface area contributed by atoms with Gasteiger partial charge in [0.2, 0.25) is 0 Å². The van der Waals surface area contributed by atoms with Crippen LogP contribution in [0.25, 0.3) is 48.6 Å². The molecule has 0 atom stereocenters. The van der Waals surface area contributed by atoms with Crippen LogP contribution in [0, 0.1) is 0 Å². The van der Waals surface area contributed by atoms with E-state index in [2.05, 4.69) is 161 Å². The minimum Gasteiger partial charge on any atom is -0.355 e. The molecule has 18 bridgehead atoms. The fourth-order valence-electron chi connectivity index (χ4n) is 8.98. The van der Waals surface area contributed by atoms with Gasteiger partial charge in [0.25, 0.3) is 0 Å². The number of carbonyl (C=O) groups is 1. The Bertz CT molecular complexity index is 3160. The van der Waals surface area contributed by atoms with E-state index < -0.39 is 5.92 Å². The second kappa shape index (κ2) is 10.5. The van der Waals surface area contributed by atoms with Crippen LogP contribution in [0.2, 0.25) is 0 Å². The average molecular weight is 689 g/mol. The number of aromatic amines is 8. The second-order valence-corrected chi connectivity index (χ2v) is 14.6. The van der Waals surface area contributed by atoms with Gasteiger partial charge in [0.1, 0.15) is 5.78 Å². The van der Waals surface area contributed by atoms with E-state index in [0.717, 1.165) is 99.5 Å². The molecule has 9 nitrogen and oxygen atoms in total. The Hall–Kier alpha value is -7.13. The van der Waals surface area contributed by atoms with Gasteiger partial charge in [0.15, 0.2) is 0 Å². The van der Waals surface area contributed by atoms with Crippen LogP contribution in [-0.2, 0) is 4.79 Å². The van der Waals surface area contributed by atoms with Gasteiger partial charge in [-0.2, -0.15) is 0 Å². The maximum absolute atomic E-state index is 14.4. The quantitative estimate of drug-likeness (QED) is 0.119. The molecule has 0 saturated carbocycles. The molecule has 10 heterocycles. The summed E-state index contributed by atoms with van der Waals surface area (Å²) in [6.07, 6.45) is 17.6. The summed E-state index contributed by atoms with van der Waals surface area (Å²) in [6, 6.07) is 25.1. The summed E-state index contributed by atoms with van der Waals surface area (Å²) in [5.41, 5.74) is 12.4. The Kier molecular flexibility index (Phi) is 5.63. The summed E-state index contributed by atoms with van der Waals surface area (Å²) >= 11 is 0. The number of fused-ring (bicyclic) bond motifs is 17. The van der Waals surface area contributed by atoms with Gasteiger partial charge in [-0.1, -0.05) is 0 Å². The molecule has 8 N–H and O–H groups in total. The standard InChI is InChI=1S/C44H32N8O/c53-39-21-34-40-35-17-30-9-5-26(47-30)13-22-1-3-24(45-22)15-28-7-11-32(49-28)19-37(51-35)42(40)44(39)43-38-20-33-12-8-29(50-33)16-25-4-2-23(46-25)14-27-6-10-31(48-27)18-36(52-38)41(34)43/h1-20,34,44-52H,21H2. The number of nitrogens with one attached hydrogen (secondary N) is 8. The lowest BCUT2D eigenvalue weighted by molar-refractivity contribution is -0.120. The van der Waals surface area contributed by atoms with Gasteiger partial charge in [0.05, 0.1) is 5.92 Å². The molecule has 2 aliphatic heterocycles. The summed E-state index contributed by atoms with van der Waals surface area (Å²) in [5, 5.41) is 8.00. The van der Waals surface area contributed by atoms with Crippen LogP contribution < -0.4 is 42.8 Å². The minimum atomic E-state index is -0.431. The first-order valence-corrected chi connectivity index (χ1v) is 18.0. The van der Waals surface area contributed by atoms with Gasteiger partial charge in [-0.25, -0.2) is 0 Å². The summed E-state index contributed by atoms with van der Waals surface area (Å²) in [6.45, 7) is 0. The van der Waals surface area contributed by atoms with Crippen molar-refractivity contribution in [3.05, 3.63) is 183 Å². The fraction of sp³-hybridized carbons (Fsp3) is 0.0682. The average Bonchev–Trinajstić information content (AvgIpc) is 3.98. The maximum atomic E-state index is 14.4. The van der Waals surface area contributed by atoms with Crippen molar-refractivity contribution in [2.45, 2.75) is 18.3 Å². The summed E-state index contributed by atoms with van der Waals surface area (Å²) in [5.74, 6) is -0.321. The van der Waals surface area contributed by atoms with E-state index in [0.29, 0.717) is 6.42 Å². The Balaban J connectivity index is 1.14. The molecule has 254 valence electrons. The normalized spacial score (nSPS) is 17.5. The van der Waals surface area contributed by atoms with Gasteiger partial charge < -0.3 is 39.9 Å². The van der Waals surface area contributed by atoms with Crippen molar-refractivity contribution in [1.82, 2.24) is 39.9 Å². The van der Waals surface area contributed by atoms with Crippen molar-refractivity contribution >= 4 is 54.4 Å². The number of hydrogen-bond donors (Lipinski definition) is 8. The summed E-state index contributed by atoms with van der Waals surface area (Å²) in [4.78, 5) is 43.3. The van der Waals surface area contributed by atoms with E-state index in [1.165, 1.54) is 11.1 Å². The second-order valence-electron chi connectivity index (χ2n) is 14.6. The lowest BCUT2D eigenvalue weighted by Gasteiger charge is -2.35. The lowest BCUT2D eigenvalue weighted by atomic mass is 9.64. The predicted octanol–water partition coefficient (Wildman–Crippen LogP) is 1.12. The molecule has 8 aromatic heterocycles. The van der Waals surface area contributed by atoms with Crippen molar-refractivity contribution in [1.29, 1.82) is 0 Å². The smallest absolute Gasteiger partial charge is 0.145 e. The largest absolute Gasteiger partial charge is 0.355 e. The molecule has 0 aromatic carbocycles. The van der Waals surface area contributed by atoms with E-state index in [1.54, 1.807) is 0 Å². The topological polar surface area (TPSA) is 143 Å². The number of rotatable bonds is 0. The van der Waals surface area contributed by atoms with E-state index in [4.69, 9.17) is 0 Å². The number of H-pyrrole nitrogens is 8. The Morgan fingerprint density at radius 3 is 0.981 bits per heavy atom. The first-order valence-electron chi connectivity index (χ1n) is 18.0. The monoisotopic (exact) mass is 688 g/mol. The number of hydrogen-bond acceptors (Lipinski definition) is 1. The zero-order valence-corrected chi connectivity index (χ0v) is 28.3. The predicted molar refractivity (Wildman–Crippen MR) is 205 cm³/mol. The lowest BCUT2D eigenvalue weighted by Crippen LogP contribution is -2.39. The van der Waals surface area contributed by atoms with E-state index in [-0.39, 0.29) is 11.7 Å². The van der Waals surface area contributed by atoms with Crippen molar-refractivity contribution in [2.75, 3.05) is 0 Å². The first kappa shape index (κ1) is 28.6. The van der Waals surface area contributed by atoms with Crippen LogP contribution in [0.1, 0.15) is 86.1 Å². The third-order valence-corrected chi connectivity index (χ3v) is 11.1. The molecular weight excluding hydrogens is 657 g/mol. The van der Waals surface area contributed by atoms with Crippen LogP contribution in [0.3, 0.4) is 0 Å². The highest BCUT2D eigenvalue weighted by molar-refractivity contribution is 5.96. The van der Waals surface area contributed by atoms with Crippen LogP contribution in [0.5, 0.6) is 0 Å². The van der Waals surface area contributed by atoms with Gasteiger partial charge in [-0.3, -0.25) is 4.79 Å². The van der Waals surface area contributed by atoms with Gasteiger partial charge in [-0.05, 0) is 144 Å². The molecule has 3 aliphatic carbocycles. The highest BCUT2D eigenvalue weighted by atomic mass is 16.1. The molecule has 0 fully saturated rings. The third-order valence-electron chi connectivity index (χ3n) is 11.1. The van der Waals surface area contributed by atoms with Crippen LogP contribution in [0.15, 0.2) is 72.8 Å². The molecule has 0 unspecified atom stereocenters. The molecule has 0 amide bonds. The molecule has 0 spiro atoms. The van der Waals surface area contributed by atoms with Crippen LogP contribution in [0.4, 0.5) is 0 Å². The SMILES string of the molecule is O=C1CC2c3c(c4[nH]c3=Cc3ccc([nH]3)C=c3ccc([nH]3)=Cc3ccc([nH]3)C=4)C1c1c2c2[nH]c1=Cc1ccc([nH]1)C=c1ccc([nH]1)=Cc1ccc([nH]1)C=2. The molecule has 13 rings (SSSR count). The highest BCUT2D eigenvalue weighted by Crippen LogP contribution is 2.46. The molecular formula is C44H32N8O. The number of carbonyl (C=O) groups excluding carboxylic acids is 1. The van der Waals surface area contributed by atoms with E-state index >= 15 is 0 Å². The highest BCUT2D eigenvalue weighted by Gasteiger charge is 2.46. The van der Waals surface area contributed by atoms with Crippen molar-refractivity contribution in [3.63, 3.8) is 0 Å². The Morgan fingerprint density at radius 1 is 0.340 bits per heavy atom. The van der Waals surface area contributed by atoms with Gasteiger partial charge in [0, 0.05) is 101 Å². The summed E-state index contributed by atoms with van der Waals surface area (Å²) in [7, 11) is 0. The maximum Gasteiger partial charge on any atom is 0.145 e. The third kappa shape index (κ3) is 4.53. The van der Waals surface area contributed by atoms with Crippen molar-refractivity contribution in [3.8, 4) is 0 Å². The zero-order chi connectivity index (χ0) is 34.8. The van der Waals surface area contributed by atoms with E-state index in [9.17, 15) is 4.79 Å². The van der Waals surface area contributed by atoms with E-state index in [1.807, 2.05) is 0 Å². The van der Waals surface area contributed by atoms with Gasteiger partial charge in [-0.15, -0.1) is 0 Å². The molecule has 53 heavy (non-hydrogen) atoms. The number of Topliss-reactive ketones (excluding diaryl/α,β-unsaturated/α-hetero) is 1. The van der Waals surface area contributed by atoms with Crippen LogP contribution in [-0.4, -0.2) is 45.7 Å². The Labute approximate surface area is 300 Å². The molecule has 0 saturated heterocycles. The fourth-order valence-corrected chi connectivity index (χ4v) is 8.98. The van der Waals surface area contributed by atoms with Gasteiger partial charge >= 0.3 is 0 Å². The molecule has 0 radical (unpaired) electrons. The molecule has 9 heteroatoms. The van der Waals surface area contributed by atoms with Crippen LogP contribution >= 0.6 is 0 Å². The Morgan fingerprint density at radius 2 is 0.642 bits per heavy atom. The minimum absolute atomic E-state index is 0.132. The number of ketones is 1.